The van der Waals surface area contributed by atoms with Crippen LogP contribution in [-0.4, -0.2) is 31.1 Å². The van der Waals surface area contributed by atoms with Gasteiger partial charge in [-0.2, -0.15) is 0 Å². The van der Waals surface area contributed by atoms with Gasteiger partial charge in [0, 0.05) is 24.0 Å². The minimum atomic E-state index is 0.705. The minimum absolute atomic E-state index is 0.705. The molecular formula is C11H17ClN2S. The molecule has 0 aromatic carbocycles. The molecule has 0 saturated carbocycles. The number of hydrogen-bond acceptors (Lipinski definition) is 3. The van der Waals surface area contributed by atoms with Crippen LogP contribution in [0, 0.1) is 0 Å². The van der Waals surface area contributed by atoms with Crippen LogP contribution < -0.4 is 5.32 Å². The highest BCUT2D eigenvalue weighted by Crippen LogP contribution is 2.26. The molecule has 1 aliphatic rings. The fraction of sp³-hybridized carbons (Fsp3) is 0.636. The summed E-state index contributed by atoms with van der Waals surface area (Å²) in [6, 6.07) is 4.84. The Hall–Kier alpha value is -0.0900. The molecule has 1 aliphatic heterocycles. The molecule has 0 bridgehead atoms. The third-order valence-corrected chi connectivity index (χ3v) is 4.14. The summed E-state index contributed by atoms with van der Waals surface area (Å²) in [6.07, 6.45) is 2.64. The van der Waals surface area contributed by atoms with Gasteiger partial charge in [0.2, 0.25) is 0 Å². The lowest BCUT2D eigenvalue weighted by molar-refractivity contribution is 0.244. The highest BCUT2D eigenvalue weighted by Gasteiger charge is 2.23. The first-order valence-corrected chi connectivity index (χ1v) is 6.62. The van der Waals surface area contributed by atoms with Crippen LogP contribution in [0.1, 0.15) is 17.7 Å². The summed E-state index contributed by atoms with van der Waals surface area (Å²) in [5.74, 6) is 0. The zero-order valence-electron chi connectivity index (χ0n) is 9.00. The van der Waals surface area contributed by atoms with Gasteiger partial charge in [-0.3, -0.25) is 4.90 Å². The molecule has 1 aromatic heterocycles. The van der Waals surface area contributed by atoms with Gasteiger partial charge in [0.25, 0.3) is 0 Å². The molecule has 1 unspecified atom stereocenters. The summed E-state index contributed by atoms with van der Waals surface area (Å²) in [4.78, 5) is 3.93. The van der Waals surface area contributed by atoms with Crippen molar-refractivity contribution in [2.45, 2.75) is 25.4 Å². The summed E-state index contributed by atoms with van der Waals surface area (Å²) < 4.78 is 0.898. The van der Waals surface area contributed by atoms with Gasteiger partial charge in [0.05, 0.1) is 4.34 Å². The summed E-state index contributed by atoms with van der Waals surface area (Å²) in [7, 11) is 2.03. The second-order valence-corrected chi connectivity index (χ2v) is 5.83. The first-order valence-electron chi connectivity index (χ1n) is 5.42. The quantitative estimate of drug-likeness (QED) is 0.876. The minimum Gasteiger partial charge on any atom is -0.318 e. The zero-order valence-corrected chi connectivity index (χ0v) is 10.6. The molecule has 1 saturated heterocycles. The van der Waals surface area contributed by atoms with Crippen molar-refractivity contribution in [3.8, 4) is 0 Å². The summed E-state index contributed by atoms with van der Waals surface area (Å²) in [5, 5.41) is 3.27. The largest absolute Gasteiger partial charge is 0.318 e. The van der Waals surface area contributed by atoms with Gasteiger partial charge in [-0.05, 0) is 38.6 Å². The van der Waals surface area contributed by atoms with Crippen molar-refractivity contribution < 1.29 is 0 Å². The SMILES string of the molecule is CNCC1CCCN1Cc1ccc(Cl)s1. The van der Waals surface area contributed by atoms with Gasteiger partial charge >= 0.3 is 0 Å². The first kappa shape index (κ1) is 11.4. The maximum absolute atomic E-state index is 5.93. The first-order chi connectivity index (χ1) is 7.29. The van der Waals surface area contributed by atoms with Gasteiger partial charge < -0.3 is 5.32 Å². The van der Waals surface area contributed by atoms with Crippen LogP contribution in [0.2, 0.25) is 4.34 Å². The predicted molar refractivity (Wildman–Crippen MR) is 66.7 cm³/mol. The topological polar surface area (TPSA) is 15.3 Å². The second kappa shape index (κ2) is 5.30. The Balaban J connectivity index is 1.93. The lowest BCUT2D eigenvalue weighted by Crippen LogP contribution is -2.36. The molecule has 2 rings (SSSR count). The Labute approximate surface area is 100 Å². The molecule has 1 fully saturated rings. The fourth-order valence-electron chi connectivity index (χ4n) is 2.21. The summed E-state index contributed by atoms with van der Waals surface area (Å²) >= 11 is 7.63. The number of halogens is 1. The van der Waals surface area contributed by atoms with Crippen LogP contribution in [0.3, 0.4) is 0 Å². The van der Waals surface area contributed by atoms with Gasteiger partial charge in [-0.25, -0.2) is 0 Å². The van der Waals surface area contributed by atoms with E-state index in [9.17, 15) is 0 Å². The Morgan fingerprint density at radius 1 is 1.60 bits per heavy atom. The molecular weight excluding hydrogens is 228 g/mol. The maximum Gasteiger partial charge on any atom is 0.0931 e. The van der Waals surface area contributed by atoms with Crippen molar-refractivity contribution in [1.29, 1.82) is 0 Å². The average molecular weight is 245 g/mol. The van der Waals surface area contributed by atoms with E-state index >= 15 is 0 Å². The van der Waals surface area contributed by atoms with Crippen LogP contribution in [-0.2, 0) is 6.54 Å². The Bertz CT molecular complexity index is 313. The molecule has 0 aliphatic carbocycles. The van der Waals surface area contributed by atoms with E-state index in [-0.39, 0.29) is 0 Å². The van der Waals surface area contributed by atoms with E-state index in [1.54, 1.807) is 11.3 Å². The van der Waals surface area contributed by atoms with Crippen LogP contribution in [0.25, 0.3) is 0 Å². The van der Waals surface area contributed by atoms with Crippen molar-refractivity contribution in [3.63, 3.8) is 0 Å². The lowest BCUT2D eigenvalue weighted by atomic mass is 10.2. The second-order valence-electron chi connectivity index (χ2n) is 4.03. The summed E-state index contributed by atoms with van der Waals surface area (Å²) in [6.45, 7) is 3.38. The molecule has 1 aromatic rings. The van der Waals surface area contributed by atoms with Gasteiger partial charge in [-0.15, -0.1) is 11.3 Å². The summed E-state index contributed by atoms with van der Waals surface area (Å²) in [5.41, 5.74) is 0. The normalized spacial score (nSPS) is 22.4. The van der Waals surface area contributed by atoms with Crippen LogP contribution in [0.4, 0.5) is 0 Å². The van der Waals surface area contributed by atoms with E-state index in [2.05, 4.69) is 16.3 Å². The number of nitrogens with zero attached hydrogens (tertiary/aromatic N) is 1. The van der Waals surface area contributed by atoms with Crippen LogP contribution in [0.15, 0.2) is 12.1 Å². The average Bonchev–Trinajstić information content (AvgIpc) is 2.78. The van der Waals surface area contributed by atoms with Crippen molar-refractivity contribution in [2.24, 2.45) is 0 Å². The van der Waals surface area contributed by atoms with Gasteiger partial charge in [0.1, 0.15) is 0 Å². The highest BCUT2D eigenvalue weighted by atomic mass is 35.5. The monoisotopic (exact) mass is 244 g/mol. The molecule has 2 nitrogen and oxygen atoms in total. The number of hydrogen-bond donors (Lipinski definition) is 1. The van der Waals surface area contributed by atoms with Crippen molar-refractivity contribution in [2.75, 3.05) is 20.1 Å². The van der Waals surface area contributed by atoms with E-state index < -0.39 is 0 Å². The number of likely N-dealkylation sites (N-methyl/N-ethyl adjacent to an activating group) is 1. The number of nitrogens with one attached hydrogen (secondary N) is 1. The molecule has 0 spiro atoms. The Morgan fingerprint density at radius 2 is 2.47 bits per heavy atom. The number of likely N-dealkylation sites (tertiary alicyclic amines) is 1. The zero-order chi connectivity index (χ0) is 10.7. The van der Waals surface area contributed by atoms with Crippen molar-refractivity contribution in [3.05, 3.63) is 21.3 Å². The Kier molecular flexibility index (Phi) is 4.03. The number of rotatable bonds is 4. The molecule has 2 heterocycles. The third-order valence-electron chi connectivity index (χ3n) is 2.93. The van der Waals surface area contributed by atoms with E-state index in [1.807, 2.05) is 13.1 Å². The Morgan fingerprint density at radius 3 is 3.13 bits per heavy atom. The van der Waals surface area contributed by atoms with E-state index in [0.717, 1.165) is 17.4 Å². The van der Waals surface area contributed by atoms with Gasteiger partial charge in [-0.1, -0.05) is 11.6 Å². The fourth-order valence-corrected chi connectivity index (χ4v) is 3.32. The molecule has 84 valence electrons. The molecule has 0 amide bonds. The van der Waals surface area contributed by atoms with E-state index in [4.69, 9.17) is 11.6 Å². The number of thiophene rings is 1. The standard InChI is InChI=1S/C11H17ClN2S/c1-13-7-9-3-2-6-14(9)8-10-4-5-11(12)15-10/h4-5,9,13H,2-3,6-8H2,1H3. The predicted octanol–water partition coefficient (Wildman–Crippen LogP) is 2.59. The maximum atomic E-state index is 5.93. The van der Waals surface area contributed by atoms with Crippen LogP contribution in [0.5, 0.6) is 0 Å². The van der Waals surface area contributed by atoms with E-state index in [1.165, 1.54) is 24.3 Å². The molecule has 0 radical (unpaired) electrons. The molecule has 1 N–H and O–H groups in total. The van der Waals surface area contributed by atoms with Crippen molar-refractivity contribution >= 4 is 22.9 Å². The van der Waals surface area contributed by atoms with Crippen molar-refractivity contribution in [1.82, 2.24) is 10.2 Å². The van der Waals surface area contributed by atoms with Crippen LogP contribution >= 0.6 is 22.9 Å². The molecule has 1 atom stereocenters. The van der Waals surface area contributed by atoms with Gasteiger partial charge in [0.15, 0.2) is 0 Å². The lowest BCUT2D eigenvalue weighted by Gasteiger charge is -2.23. The third kappa shape index (κ3) is 2.94. The smallest absolute Gasteiger partial charge is 0.0931 e. The highest BCUT2D eigenvalue weighted by molar-refractivity contribution is 7.16. The van der Waals surface area contributed by atoms with E-state index in [0.29, 0.717) is 6.04 Å². The molecule has 15 heavy (non-hydrogen) atoms. The molecule has 4 heteroatoms.